The summed E-state index contributed by atoms with van der Waals surface area (Å²) in [5.74, 6) is -0.987. The van der Waals surface area contributed by atoms with E-state index in [4.69, 9.17) is 0 Å². The molecule has 0 radical (unpaired) electrons. The van der Waals surface area contributed by atoms with Crippen LogP contribution in [-0.4, -0.2) is 34.6 Å². The van der Waals surface area contributed by atoms with Gasteiger partial charge in [0.15, 0.2) is 0 Å². The van der Waals surface area contributed by atoms with Crippen LogP contribution in [0.4, 0.5) is 0 Å². The third-order valence-corrected chi connectivity index (χ3v) is 7.42. The molecule has 2 atom stereocenters. The molecule has 5 rings (SSSR count). The van der Waals surface area contributed by atoms with E-state index in [0.717, 1.165) is 36.0 Å². The maximum atomic E-state index is 12.9. The molecule has 0 spiro atoms. The summed E-state index contributed by atoms with van der Waals surface area (Å²) in [6.45, 7) is 0.712. The molecule has 2 unspecified atom stereocenters. The lowest BCUT2D eigenvalue weighted by Gasteiger charge is -2.29. The molecule has 8 heteroatoms. The van der Waals surface area contributed by atoms with Gasteiger partial charge in [0.2, 0.25) is 17.7 Å². The summed E-state index contributed by atoms with van der Waals surface area (Å²) in [6, 6.07) is 7.05. The van der Waals surface area contributed by atoms with Crippen LogP contribution in [0.2, 0.25) is 0 Å². The van der Waals surface area contributed by atoms with Crippen molar-refractivity contribution < 1.29 is 19.2 Å². The number of nitrogens with zero attached hydrogens (tertiary/aromatic N) is 1. The zero-order valence-electron chi connectivity index (χ0n) is 17.0. The lowest BCUT2D eigenvalue weighted by molar-refractivity contribution is -0.137. The van der Waals surface area contributed by atoms with E-state index < -0.39 is 11.9 Å². The first-order valence-corrected chi connectivity index (χ1v) is 11.5. The first-order chi connectivity index (χ1) is 15.0. The van der Waals surface area contributed by atoms with Crippen molar-refractivity contribution >= 4 is 35.0 Å². The SMILES string of the molecule is O=C1CCC(N2Cc3ccc(CNC(=O)C4CCCc5sccc54)cc3C2=O)C(=O)N1. The fourth-order valence-electron chi connectivity index (χ4n) is 4.78. The van der Waals surface area contributed by atoms with Crippen LogP contribution in [-0.2, 0) is 33.9 Å². The molecule has 1 aromatic carbocycles. The minimum atomic E-state index is -0.619. The number of fused-ring (bicyclic) bond motifs is 2. The van der Waals surface area contributed by atoms with E-state index in [1.165, 1.54) is 9.78 Å². The van der Waals surface area contributed by atoms with Gasteiger partial charge in [0, 0.05) is 30.0 Å². The summed E-state index contributed by atoms with van der Waals surface area (Å²) >= 11 is 1.72. The number of hydrogen-bond acceptors (Lipinski definition) is 5. The molecular weight excluding hydrogens is 414 g/mol. The summed E-state index contributed by atoms with van der Waals surface area (Å²) in [5.41, 5.74) is 3.43. The van der Waals surface area contributed by atoms with E-state index in [1.54, 1.807) is 17.4 Å². The summed E-state index contributed by atoms with van der Waals surface area (Å²) in [4.78, 5) is 52.2. The fourth-order valence-corrected chi connectivity index (χ4v) is 5.77. The Balaban J connectivity index is 1.26. The van der Waals surface area contributed by atoms with Gasteiger partial charge < -0.3 is 10.2 Å². The number of benzene rings is 1. The molecule has 3 aliphatic rings. The van der Waals surface area contributed by atoms with Gasteiger partial charge in [0.25, 0.3) is 5.91 Å². The summed E-state index contributed by atoms with van der Waals surface area (Å²) in [7, 11) is 0. The van der Waals surface area contributed by atoms with Crippen LogP contribution in [0.3, 0.4) is 0 Å². The molecule has 0 bridgehead atoms. The highest BCUT2D eigenvalue weighted by atomic mass is 32.1. The molecule has 1 aliphatic carbocycles. The van der Waals surface area contributed by atoms with Crippen molar-refractivity contribution in [2.45, 2.75) is 57.2 Å². The maximum absolute atomic E-state index is 12.9. The fraction of sp³-hybridized carbons (Fsp3) is 0.391. The second-order valence-corrected chi connectivity index (χ2v) is 9.35. The minimum Gasteiger partial charge on any atom is -0.351 e. The monoisotopic (exact) mass is 437 g/mol. The number of aryl methyl sites for hydroxylation is 1. The molecule has 1 fully saturated rings. The van der Waals surface area contributed by atoms with Crippen molar-refractivity contribution in [2.75, 3.05) is 0 Å². The summed E-state index contributed by atoms with van der Waals surface area (Å²) in [6.07, 6.45) is 3.52. The molecular formula is C23H23N3O4S. The topological polar surface area (TPSA) is 95.6 Å². The Kier molecular flexibility index (Phi) is 5.09. The van der Waals surface area contributed by atoms with Gasteiger partial charge in [-0.2, -0.15) is 0 Å². The van der Waals surface area contributed by atoms with Gasteiger partial charge in [-0.3, -0.25) is 24.5 Å². The predicted molar refractivity (Wildman–Crippen MR) is 114 cm³/mol. The highest BCUT2D eigenvalue weighted by molar-refractivity contribution is 7.10. The van der Waals surface area contributed by atoms with Crippen LogP contribution in [0, 0.1) is 0 Å². The van der Waals surface area contributed by atoms with Gasteiger partial charge in [-0.1, -0.05) is 12.1 Å². The first-order valence-electron chi connectivity index (χ1n) is 10.6. The second-order valence-electron chi connectivity index (χ2n) is 8.35. The Labute approximate surface area is 183 Å². The first kappa shape index (κ1) is 19.9. The Bertz CT molecular complexity index is 1090. The van der Waals surface area contributed by atoms with Gasteiger partial charge in [0.1, 0.15) is 6.04 Å². The van der Waals surface area contributed by atoms with Gasteiger partial charge in [-0.05, 0) is 59.9 Å². The summed E-state index contributed by atoms with van der Waals surface area (Å²) in [5, 5.41) is 7.40. The molecule has 1 saturated heterocycles. The van der Waals surface area contributed by atoms with Crippen LogP contribution < -0.4 is 10.6 Å². The maximum Gasteiger partial charge on any atom is 0.255 e. The van der Waals surface area contributed by atoms with Crippen LogP contribution >= 0.6 is 11.3 Å². The van der Waals surface area contributed by atoms with Crippen molar-refractivity contribution in [1.29, 1.82) is 0 Å². The van der Waals surface area contributed by atoms with Crippen LogP contribution in [0.1, 0.15) is 63.5 Å². The Morgan fingerprint density at radius 3 is 2.87 bits per heavy atom. The van der Waals surface area contributed by atoms with E-state index in [9.17, 15) is 19.2 Å². The third-order valence-electron chi connectivity index (χ3n) is 6.43. The largest absolute Gasteiger partial charge is 0.351 e. The minimum absolute atomic E-state index is 0.0244. The molecule has 1 aromatic heterocycles. The lowest BCUT2D eigenvalue weighted by Crippen LogP contribution is -2.52. The van der Waals surface area contributed by atoms with E-state index in [-0.39, 0.29) is 30.1 Å². The smallest absolute Gasteiger partial charge is 0.255 e. The number of imide groups is 1. The van der Waals surface area contributed by atoms with Crippen molar-refractivity contribution in [3.05, 3.63) is 56.8 Å². The van der Waals surface area contributed by atoms with Crippen molar-refractivity contribution in [3.63, 3.8) is 0 Å². The molecule has 2 N–H and O–H groups in total. The molecule has 7 nitrogen and oxygen atoms in total. The molecule has 160 valence electrons. The molecule has 2 aromatic rings. The normalized spacial score (nSPS) is 22.7. The lowest BCUT2D eigenvalue weighted by atomic mass is 9.87. The zero-order valence-corrected chi connectivity index (χ0v) is 17.8. The number of carbonyl (C=O) groups excluding carboxylic acids is 4. The number of amides is 4. The van der Waals surface area contributed by atoms with E-state index in [0.29, 0.717) is 25.1 Å². The van der Waals surface area contributed by atoms with Gasteiger partial charge in [-0.25, -0.2) is 0 Å². The Morgan fingerprint density at radius 2 is 2.03 bits per heavy atom. The Hall–Kier alpha value is -3.00. The molecule has 0 saturated carbocycles. The summed E-state index contributed by atoms with van der Waals surface area (Å²) < 4.78 is 0. The highest BCUT2D eigenvalue weighted by Crippen LogP contribution is 2.35. The second kappa shape index (κ2) is 7.92. The standard InChI is InChI=1S/C23H23N3O4S/c27-20-7-6-18(22(29)25-20)26-12-14-5-4-13(10-17(14)23(26)30)11-24-21(28)16-2-1-3-19-15(16)8-9-31-19/h4-5,8-10,16,18H,1-3,6-7,11-12H2,(H,24,28)(H,25,27,29). The van der Waals surface area contributed by atoms with Crippen LogP contribution in [0.25, 0.3) is 0 Å². The highest BCUT2D eigenvalue weighted by Gasteiger charge is 2.39. The van der Waals surface area contributed by atoms with Crippen molar-refractivity contribution in [1.82, 2.24) is 15.5 Å². The number of nitrogens with one attached hydrogen (secondary N) is 2. The molecule has 2 aliphatic heterocycles. The van der Waals surface area contributed by atoms with Crippen LogP contribution in [0.15, 0.2) is 29.6 Å². The molecule has 3 heterocycles. The zero-order chi connectivity index (χ0) is 21.5. The van der Waals surface area contributed by atoms with Crippen LogP contribution in [0.5, 0.6) is 0 Å². The van der Waals surface area contributed by atoms with Gasteiger partial charge in [0.05, 0.1) is 5.92 Å². The van der Waals surface area contributed by atoms with E-state index in [2.05, 4.69) is 22.1 Å². The molecule has 4 amide bonds. The van der Waals surface area contributed by atoms with Crippen molar-refractivity contribution in [3.8, 4) is 0 Å². The quantitative estimate of drug-likeness (QED) is 0.717. The van der Waals surface area contributed by atoms with Crippen molar-refractivity contribution in [2.24, 2.45) is 0 Å². The Morgan fingerprint density at radius 1 is 1.16 bits per heavy atom. The molecule has 31 heavy (non-hydrogen) atoms. The number of piperidine rings is 1. The van der Waals surface area contributed by atoms with E-state index in [1.807, 2.05) is 12.1 Å². The third kappa shape index (κ3) is 3.65. The number of hydrogen-bond donors (Lipinski definition) is 2. The number of thiophene rings is 1. The average Bonchev–Trinajstić information content (AvgIpc) is 3.37. The van der Waals surface area contributed by atoms with Gasteiger partial charge in [-0.15, -0.1) is 11.3 Å². The predicted octanol–water partition coefficient (Wildman–Crippen LogP) is 2.25. The van der Waals surface area contributed by atoms with Gasteiger partial charge >= 0.3 is 0 Å². The van der Waals surface area contributed by atoms with E-state index >= 15 is 0 Å². The average molecular weight is 438 g/mol. The number of rotatable bonds is 4. The number of carbonyl (C=O) groups is 4.